The smallest absolute Gasteiger partial charge is 0.309 e. The molecule has 2 rings (SSSR count). The number of hydrogen-bond donors (Lipinski definition) is 1. The third-order valence-electron chi connectivity index (χ3n) is 3.70. The Bertz CT molecular complexity index is 443. The predicted octanol–water partition coefficient (Wildman–Crippen LogP) is 2.54. The lowest BCUT2D eigenvalue weighted by atomic mass is 9.93. The van der Waals surface area contributed by atoms with Crippen LogP contribution >= 0.6 is 0 Å². The van der Waals surface area contributed by atoms with Gasteiger partial charge in [-0.15, -0.1) is 0 Å². The van der Waals surface area contributed by atoms with E-state index in [2.05, 4.69) is 13.8 Å². The van der Waals surface area contributed by atoms with Crippen LogP contribution in [0.5, 0.6) is 0 Å². The lowest BCUT2D eigenvalue weighted by Gasteiger charge is -2.17. The minimum atomic E-state index is -0.755. The molecular formula is C17H24O4. The quantitative estimate of drug-likeness (QED) is 0.785. The fourth-order valence-corrected chi connectivity index (χ4v) is 2.65. The van der Waals surface area contributed by atoms with Gasteiger partial charge in [0.2, 0.25) is 0 Å². The third kappa shape index (κ3) is 4.83. The molecule has 1 aliphatic rings. The van der Waals surface area contributed by atoms with Crippen molar-refractivity contribution in [3.05, 3.63) is 35.9 Å². The normalized spacial score (nSPS) is 23.3. The molecule has 21 heavy (non-hydrogen) atoms. The standard InChI is InChI=1S/C17H24O4/c1-12(2)8-14-9-16(21-17(14)19)15(18)11-20-10-13-6-4-3-5-7-13/h3-7,12,14-16,18H,8-11H2,1-2H3/t14-,15-,16+/m1/s1. The van der Waals surface area contributed by atoms with E-state index in [9.17, 15) is 9.90 Å². The van der Waals surface area contributed by atoms with Gasteiger partial charge in [0.15, 0.2) is 0 Å². The van der Waals surface area contributed by atoms with E-state index in [0.717, 1.165) is 12.0 Å². The highest BCUT2D eigenvalue weighted by molar-refractivity contribution is 5.74. The summed E-state index contributed by atoms with van der Waals surface area (Å²) in [5.41, 5.74) is 1.06. The summed E-state index contributed by atoms with van der Waals surface area (Å²) in [6.45, 7) is 4.80. The molecule has 1 fully saturated rings. The molecule has 1 aromatic rings. The molecule has 0 saturated carbocycles. The Labute approximate surface area is 126 Å². The lowest BCUT2D eigenvalue weighted by Crippen LogP contribution is -2.30. The van der Waals surface area contributed by atoms with Gasteiger partial charge in [-0.1, -0.05) is 44.2 Å². The van der Waals surface area contributed by atoms with Gasteiger partial charge in [-0.3, -0.25) is 4.79 Å². The van der Waals surface area contributed by atoms with Crippen LogP contribution in [0.3, 0.4) is 0 Å². The zero-order chi connectivity index (χ0) is 15.2. The number of ether oxygens (including phenoxy) is 2. The number of esters is 1. The van der Waals surface area contributed by atoms with E-state index in [1.54, 1.807) is 0 Å². The number of rotatable bonds is 7. The number of hydrogen-bond acceptors (Lipinski definition) is 4. The Kier molecular flexibility index (Phi) is 5.76. The van der Waals surface area contributed by atoms with Gasteiger partial charge in [-0.25, -0.2) is 0 Å². The van der Waals surface area contributed by atoms with Crippen molar-refractivity contribution in [1.82, 2.24) is 0 Å². The van der Waals surface area contributed by atoms with Crippen LogP contribution in [0.4, 0.5) is 0 Å². The van der Waals surface area contributed by atoms with E-state index in [1.807, 2.05) is 30.3 Å². The van der Waals surface area contributed by atoms with Gasteiger partial charge in [-0.2, -0.15) is 0 Å². The summed E-state index contributed by atoms with van der Waals surface area (Å²) in [5, 5.41) is 10.1. The van der Waals surface area contributed by atoms with E-state index >= 15 is 0 Å². The summed E-state index contributed by atoms with van der Waals surface area (Å²) < 4.78 is 10.8. The van der Waals surface area contributed by atoms with Crippen molar-refractivity contribution in [3.63, 3.8) is 0 Å². The van der Waals surface area contributed by atoms with Crippen molar-refractivity contribution in [1.29, 1.82) is 0 Å². The Morgan fingerprint density at radius 1 is 1.33 bits per heavy atom. The highest BCUT2D eigenvalue weighted by Crippen LogP contribution is 2.28. The topological polar surface area (TPSA) is 55.8 Å². The Hall–Kier alpha value is -1.39. The molecule has 0 aliphatic carbocycles. The van der Waals surface area contributed by atoms with Crippen molar-refractivity contribution >= 4 is 5.97 Å². The highest BCUT2D eigenvalue weighted by atomic mass is 16.6. The van der Waals surface area contributed by atoms with Crippen LogP contribution in [0.2, 0.25) is 0 Å². The van der Waals surface area contributed by atoms with Gasteiger partial charge >= 0.3 is 5.97 Å². The molecule has 0 spiro atoms. The van der Waals surface area contributed by atoms with E-state index in [4.69, 9.17) is 9.47 Å². The minimum absolute atomic E-state index is 0.0845. The highest BCUT2D eigenvalue weighted by Gasteiger charge is 2.38. The van der Waals surface area contributed by atoms with Crippen LogP contribution < -0.4 is 0 Å². The van der Waals surface area contributed by atoms with Crippen LogP contribution in [-0.4, -0.2) is 29.9 Å². The SMILES string of the molecule is CC(C)C[C@@H]1C[C@@H]([C@H](O)COCc2ccccc2)OC1=O. The van der Waals surface area contributed by atoms with Crippen molar-refractivity contribution in [3.8, 4) is 0 Å². The van der Waals surface area contributed by atoms with Gasteiger partial charge in [0.1, 0.15) is 12.2 Å². The minimum Gasteiger partial charge on any atom is -0.459 e. The summed E-state index contributed by atoms with van der Waals surface area (Å²) in [6, 6.07) is 9.79. The van der Waals surface area contributed by atoms with E-state index in [1.165, 1.54) is 0 Å². The molecule has 0 aromatic heterocycles. The molecule has 116 valence electrons. The maximum absolute atomic E-state index is 11.7. The molecule has 4 heteroatoms. The van der Waals surface area contributed by atoms with Gasteiger partial charge in [0.05, 0.1) is 19.1 Å². The average Bonchev–Trinajstić information content (AvgIpc) is 2.80. The molecule has 1 saturated heterocycles. The van der Waals surface area contributed by atoms with Gasteiger partial charge in [0.25, 0.3) is 0 Å². The van der Waals surface area contributed by atoms with Crippen LogP contribution in [0, 0.1) is 11.8 Å². The number of cyclic esters (lactones) is 1. The zero-order valence-corrected chi connectivity index (χ0v) is 12.7. The summed E-state index contributed by atoms with van der Waals surface area (Å²) >= 11 is 0. The maximum Gasteiger partial charge on any atom is 0.309 e. The van der Waals surface area contributed by atoms with Crippen molar-refractivity contribution in [2.24, 2.45) is 11.8 Å². The van der Waals surface area contributed by atoms with E-state index < -0.39 is 12.2 Å². The summed E-state index contributed by atoms with van der Waals surface area (Å²) in [5.74, 6) is 0.183. The second-order valence-corrected chi connectivity index (χ2v) is 6.11. The van der Waals surface area contributed by atoms with Crippen LogP contribution in [0.1, 0.15) is 32.3 Å². The molecule has 1 heterocycles. The maximum atomic E-state index is 11.7. The number of aliphatic hydroxyl groups is 1. The number of benzene rings is 1. The van der Waals surface area contributed by atoms with Gasteiger partial charge in [0, 0.05) is 6.42 Å². The van der Waals surface area contributed by atoms with Crippen LogP contribution in [0.25, 0.3) is 0 Å². The third-order valence-corrected chi connectivity index (χ3v) is 3.70. The largest absolute Gasteiger partial charge is 0.459 e. The number of carbonyl (C=O) groups excluding carboxylic acids is 1. The lowest BCUT2D eigenvalue weighted by molar-refractivity contribution is -0.149. The molecule has 4 nitrogen and oxygen atoms in total. The molecule has 1 N–H and O–H groups in total. The first kappa shape index (κ1) is 16.0. The van der Waals surface area contributed by atoms with Crippen molar-refractivity contribution < 1.29 is 19.4 Å². The van der Waals surface area contributed by atoms with Gasteiger partial charge in [-0.05, 0) is 17.9 Å². The fraction of sp³-hybridized carbons (Fsp3) is 0.588. The number of aliphatic hydroxyl groups excluding tert-OH is 1. The van der Waals surface area contributed by atoms with E-state index in [0.29, 0.717) is 18.9 Å². The second-order valence-electron chi connectivity index (χ2n) is 6.11. The second kappa shape index (κ2) is 7.57. The molecule has 0 amide bonds. The zero-order valence-electron chi connectivity index (χ0n) is 12.7. The molecule has 3 atom stereocenters. The van der Waals surface area contributed by atoms with E-state index in [-0.39, 0.29) is 18.5 Å². The first-order valence-electron chi connectivity index (χ1n) is 7.56. The van der Waals surface area contributed by atoms with Crippen molar-refractivity contribution in [2.75, 3.05) is 6.61 Å². The Balaban J connectivity index is 1.74. The van der Waals surface area contributed by atoms with Crippen molar-refractivity contribution in [2.45, 2.75) is 45.5 Å². The predicted molar refractivity (Wildman–Crippen MR) is 79.5 cm³/mol. The fourth-order valence-electron chi connectivity index (χ4n) is 2.65. The first-order chi connectivity index (χ1) is 10.1. The Morgan fingerprint density at radius 3 is 2.71 bits per heavy atom. The van der Waals surface area contributed by atoms with Crippen LogP contribution in [-0.2, 0) is 20.9 Å². The molecule has 0 radical (unpaired) electrons. The molecule has 1 aromatic carbocycles. The van der Waals surface area contributed by atoms with Gasteiger partial charge < -0.3 is 14.6 Å². The molecular weight excluding hydrogens is 268 g/mol. The molecule has 0 unspecified atom stereocenters. The summed E-state index contributed by atoms with van der Waals surface area (Å²) in [4.78, 5) is 11.7. The summed E-state index contributed by atoms with van der Waals surface area (Å²) in [7, 11) is 0. The summed E-state index contributed by atoms with van der Waals surface area (Å²) in [6.07, 6.45) is 0.214. The molecule has 0 bridgehead atoms. The first-order valence-corrected chi connectivity index (χ1v) is 7.56. The average molecular weight is 292 g/mol. The molecule has 1 aliphatic heterocycles. The number of carbonyl (C=O) groups is 1. The Morgan fingerprint density at radius 2 is 2.05 bits per heavy atom. The van der Waals surface area contributed by atoms with Crippen LogP contribution in [0.15, 0.2) is 30.3 Å². The monoisotopic (exact) mass is 292 g/mol.